The number of nitrogens with one attached hydrogen (secondary N) is 2. The predicted molar refractivity (Wildman–Crippen MR) is 110 cm³/mol. The molecule has 1 aliphatic rings. The van der Waals surface area contributed by atoms with E-state index in [9.17, 15) is 0 Å². The van der Waals surface area contributed by atoms with Crippen LogP contribution in [0.15, 0.2) is 66.9 Å². The maximum Gasteiger partial charge on any atom is 0.231 e. The minimum Gasteiger partial charge on any atom is -0.454 e. The van der Waals surface area contributed by atoms with Gasteiger partial charge in [-0.15, -0.1) is 0 Å². The zero-order valence-corrected chi connectivity index (χ0v) is 15.2. The molecule has 3 heterocycles. The number of hydrogen-bond acceptors (Lipinski definition) is 6. The number of H-pyrrole nitrogens is 1. The third-order valence-electron chi connectivity index (χ3n) is 4.94. The van der Waals surface area contributed by atoms with Crippen LogP contribution in [0.25, 0.3) is 33.2 Å². The standard InChI is InChI=1S/C22H15N5O2/c1-2-4-18-16(3-1)22(24-15-6-7-17-14(9-15)11-23-27-17)26-21(25-18)13-5-8-19-20(10-13)29-12-28-19/h1-11H,12H2,(H,23,27)(H,24,25,26). The van der Waals surface area contributed by atoms with Gasteiger partial charge in [0.05, 0.1) is 17.2 Å². The van der Waals surface area contributed by atoms with Crippen molar-refractivity contribution in [1.82, 2.24) is 20.2 Å². The average Bonchev–Trinajstić information content (AvgIpc) is 3.42. The summed E-state index contributed by atoms with van der Waals surface area (Å²) in [6.45, 7) is 0.237. The van der Waals surface area contributed by atoms with Crippen LogP contribution in [0.1, 0.15) is 0 Å². The predicted octanol–water partition coefficient (Wildman–Crippen LogP) is 4.65. The Morgan fingerprint density at radius 1 is 0.897 bits per heavy atom. The van der Waals surface area contributed by atoms with Gasteiger partial charge in [-0.2, -0.15) is 5.10 Å². The summed E-state index contributed by atoms with van der Waals surface area (Å²) >= 11 is 0. The molecule has 0 fully saturated rings. The van der Waals surface area contributed by atoms with Crippen molar-refractivity contribution in [1.29, 1.82) is 0 Å². The van der Waals surface area contributed by atoms with Gasteiger partial charge >= 0.3 is 0 Å². The van der Waals surface area contributed by atoms with Gasteiger partial charge in [-0.25, -0.2) is 9.97 Å². The quantitative estimate of drug-likeness (QED) is 0.473. The minimum atomic E-state index is 0.237. The van der Waals surface area contributed by atoms with E-state index < -0.39 is 0 Å². The number of aromatic amines is 1. The number of benzene rings is 3. The van der Waals surface area contributed by atoms with Gasteiger partial charge in [-0.1, -0.05) is 12.1 Å². The Hall–Kier alpha value is -4.13. The Labute approximate surface area is 165 Å². The van der Waals surface area contributed by atoms with Crippen LogP contribution in [0.3, 0.4) is 0 Å². The maximum atomic E-state index is 5.50. The molecule has 0 amide bonds. The highest BCUT2D eigenvalue weighted by Crippen LogP contribution is 2.36. The molecule has 29 heavy (non-hydrogen) atoms. The molecule has 0 bridgehead atoms. The minimum absolute atomic E-state index is 0.237. The molecule has 3 aromatic carbocycles. The summed E-state index contributed by atoms with van der Waals surface area (Å²) in [5, 5.41) is 12.5. The molecule has 6 rings (SSSR count). The molecule has 0 saturated carbocycles. The lowest BCUT2D eigenvalue weighted by molar-refractivity contribution is 0.174. The topological polar surface area (TPSA) is 85.0 Å². The molecule has 5 aromatic rings. The van der Waals surface area contributed by atoms with Crippen molar-refractivity contribution in [2.45, 2.75) is 0 Å². The lowest BCUT2D eigenvalue weighted by atomic mass is 10.1. The van der Waals surface area contributed by atoms with Crippen molar-refractivity contribution in [3.05, 3.63) is 66.9 Å². The summed E-state index contributed by atoms with van der Waals surface area (Å²) < 4.78 is 10.9. The van der Waals surface area contributed by atoms with Crippen molar-refractivity contribution in [3.63, 3.8) is 0 Å². The molecule has 2 aromatic heterocycles. The van der Waals surface area contributed by atoms with Crippen LogP contribution < -0.4 is 14.8 Å². The van der Waals surface area contributed by atoms with Crippen LogP contribution in [-0.4, -0.2) is 27.0 Å². The molecule has 0 atom stereocenters. The van der Waals surface area contributed by atoms with Crippen molar-refractivity contribution in [3.8, 4) is 22.9 Å². The van der Waals surface area contributed by atoms with E-state index in [0.29, 0.717) is 11.6 Å². The van der Waals surface area contributed by atoms with Gasteiger partial charge in [0.2, 0.25) is 6.79 Å². The largest absolute Gasteiger partial charge is 0.454 e. The Bertz CT molecular complexity index is 1380. The van der Waals surface area contributed by atoms with E-state index in [2.05, 4.69) is 15.5 Å². The summed E-state index contributed by atoms with van der Waals surface area (Å²) in [5.74, 6) is 2.81. The molecule has 0 aliphatic carbocycles. The summed E-state index contributed by atoms with van der Waals surface area (Å²) in [4.78, 5) is 9.57. The van der Waals surface area contributed by atoms with Crippen molar-refractivity contribution >= 4 is 33.3 Å². The third-order valence-corrected chi connectivity index (χ3v) is 4.94. The number of nitrogens with zero attached hydrogens (tertiary/aromatic N) is 3. The fraction of sp³-hybridized carbons (Fsp3) is 0.0455. The van der Waals surface area contributed by atoms with Gasteiger partial charge < -0.3 is 14.8 Å². The third kappa shape index (κ3) is 2.71. The van der Waals surface area contributed by atoms with E-state index >= 15 is 0 Å². The Kier molecular flexibility index (Phi) is 3.40. The molecule has 140 valence electrons. The molecule has 1 aliphatic heterocycles. The smallest absolute Gasteiger partial charge is 0.231 e. The highest BCUT2D eigenvalue weighted by molar-refractivity contribution is 5.93. The van der Waals surface area contributed by atoms with E-state index in [4.69, 9.17) is 19.4 Å². The maximum absolute atomic E-state index is 5.50. The number of anilines is 2. The second-order valence-corrected chi connectivity index (χ2v) is 6.78. The number of para-hydroxylation sites is 1. The van der Waals surface area contributed by atoms with Crippen LogP contribution in [-0.2, 0) is 0 Å². The fourth-order valence-corrected chi connectivity index (χ4v) is 3.49. The van der Waals surface area contributed by atoms with Crippen LogP contribution >= 0.6 is 0 Å². The zero-order valence-electron chi connectivity index (χ0n) is 15.2. The Balaban J connectivity index is 1.48. The second-order valence-electron chi connectivity index (χ2n) is 6.78. The van der Waals surface area contributed by atoms with Gasteiger partial charge in [0, 0.05) is 22.0 Å². The Morgan fingerprint density at radius 3 is 2.83 bits per heavy atom. The summed E-state index contributed by atoms with van der Waals surface area (Å²) in [5.41, 5.74) is 3.65. The SMILES string of the molecule is c1ccc2c(Nc3ccc4[nH]ncc4c3)nc(-c3ccc4c(c3)OCO4)nc2c1. The molecular formula is C22H15N5O2. The van der Waals surface area contributed by atoms with E-state index in [1.165, 1.54) is 0 Å². The first kappa shape index (κ1) is 15.9. The first-order valence-corrected chi connectivity index (χ1v) is 9.20. The molecule has 0 unspecified atom stereocenters. The lowest BCUT2D eigenvalue weighted by Gasteiger charge is -2.11. The van der Waals surface area contributed by atoms with E-state index in [0.717, 1.165) is 44.6 Å². The van der Waals surface area contributed by atoms with Gasteiger partial charge in [0.25, 0.3) is 0 Å². The molecule has 2 N–H and O–H groups in total. The van der Waals surface area contributed by atoms with Gasteiger partial charge in [-0.05, 0) is 48.5 Å². The average molecular weight is 381 g/mol. The molecule has 7 heteroatoms. The van der Waals surface area contributed by atoms with Crippen LogP contribution in [0.5, 0.6) is 11.5 Å². The Morgan fingerprint density at radius 2 is 1.83 bits per heavy atom. The molecule has 0 spiro atoms. The van der Waals surface area contributed by atoms with Crippen molar-refractivity contribution < 1.29 is 9.47 Å². The van der Waals surface area contributed by atoms with Crippen LogP contribution in [0.4, 0.5) is 11.5 Å². The number of rotatable bonds is 3. The lowest BCUT2D eigenvalue weighted by Crippen LogP contribution is -1.99. The highest BCUT2D eigenvalue weighted by Gasteiger charge is 2.16. The zero-order chi connectivity index (χ0) is 19.2. The first-order valence-electron chi connectivity index (χ1n) is 9.20. The first-order chi connectivity index (χ1) is 14.3. The van der Waals surface area contributed by atoms with Gasteiger partial charge in [0.15, 0.2) is 17.3 Å². The molecule has 0 radical (unpaired) electrons. The summed E-state index contributed by atoms with van der Waals surface area (Å²) in [6, 6.07) is 19.7. The molecular weight excluding hydrogens is 366 g/mol. The summed E-state index contributed by atoms with van der Waals surface area (Å²) in [6.07, 6.45) is 1.80. The normalized spacial score (nSPS) is 12.6. The second kappa shape index (κ2) is 6.20. The number of hydrogen-bond donors (Lipinski definition) is 2. The molecule has 7 nitrogen and oxygen atoms in total. The molecule has 0 saturated heterocycles. The van der Waals surface area contributed by atoms with E-state index in [-0.39, 0.29) is 6.79 Å². The van der Waals surface area contributed by atoms with Crippen LogP contribution in [0, 0.1) is 0 Å². The van der Waals surface area contributed by atoms with Gasteiger partial charge in [0.1, 0.15) is 5.82 Å². The number of aromatic nitrogens is 4. The highest BCUT2D eigenvalue weighted by atomic mass is 16.7. The van der Waals surface area contributed by atoms with Crippen LogP contribution in [0.2, 0.25) is 0 Å². The number of fused-ring (bicyclic) bond motifs is 3. The van der Waals surface area contributed by atoms with Crippen molar-refractivity contribution in [2.75, 3.05) is 12.1 Å². The summed E-state index contributed by atoms with van der Waals surface area (Å²) in [7, 11) is 0. The van der Waals surface area contributed by atoms with Crippen molar-refractivity contribution in [2.24, 2.45) is 0 Å². The fourth-order valence-electron chi connectivity index (χ4n) is 3.49. The van der Waals surface area contributed by atoms with E-state index in [1.807, 2.05) is 60.7 Å². The number of ether oxygens (including phenoxy) is 2. The van der Waals surface area contributed by atoms with Gasteiger partial charge in [-0.3, -0.25) is 5.10 Å². The van der Waals surface area contributed by atoms with E-state index in [1.54, 1.807) is 6.20 Å². The monoisotopic (exact) mass is 381 g/mol.